The van der Waals surface area contributed by atoms with E-state index in [1.54, 1.807) is 0 Å². The Morgan fingerprint density at radius 2 is 1.47 bits per heavy atom. The zero-order valence-electron chi connectivity index (χ0n) is 11.9. The molecule has 3 nitrogen and oxygen atoms in total. The summed E-state index contributed by atoms with van der Waals surface area (Å²) >= 11 is 0. The second-order valence-corrected chi connectivity index (χ2v) is 7.13. The monoisotopic (exact) mass is 257 g/mol. The quantitative estimate of drug-likeness (QED) is 0.840. The van der Waals surface area contributed by atoms with Gasteiger partial charge in [-0.05, 0) is 69.6 Å². The first-order chi connectivity index (χ1) is 9.11. The van der Waals surface area contributed by atoms with Crippen LogP contribution >= 0.6 is 0 Å². The Morgan fingerprint density at radius 1 is 0.895 bits per heavy atom. The van der Waals surface area contributed by atoms with E-state index < -0.39 is 0 Å². The van der Waals surface area contributed by atoms with Gasteiger partial charge < -0.3 is 5.73 Å². The molecule has 102 valence electrons. The maximum atomic E-state index is 6.06. The molecule has 3 heteroatoms. The van der Waals surface area contributed by atoms with Crippen LogP contribution in [0.2, 0.25) is 0 Å². The molecule has 0 aliphatic heterocycles. The minimum atomic E-state index is 0.592. The number of rotatable bonds is 1. The Balaban J connectivity index is 1.73. The molecule has 1 aromatic heterocycles. The maximum Gasteiger partial charge on any atom is 0.134 e. The van der Waals surface area contributed by atoms with Crippen LogP contribution in [0.15, 0.2) is 0 Å². The molecule has 4 bridgehead atoms. The molecule has 19 heavy (non-hydrogen) atoms. The van der Waals surface area contributed by atoms with Crippen LogP contribution in [-0.4, -0.2) is 9.97 Å². The van der Waals surface area contributed by atoms with Gasteiger partial charge >= 0.3 is 0 Å². The normalized spacial score (nSPS) is 39.8. The van der Waals surface area contributed by atoms with Gasteiger partial charge in [-0.1, -0.05) is 0 Å². The number of nitrogens with two attached hydrogens (primary N) is 1. The Hall–Kier alpha value is -1.12. The smallest absolute Gasteiger partial charge is 0.134 e. The summed E-state index contributed by atoms with van der Waals surface area (Å²) in [6.45, 7) is 4.08. The molecular formula is C16H23N3. The van der Waals surface area contributed by atoms with Crippen molar-refractivity contribution in [2.75, 3.05) is 5.73 Å². The van der Waals surface area contributed by atoms with Crippen LogP contribution in [0.1, 0.15) is 55.1 Å². The summed E-state index contributed by atoms with van der Waals surface area (Å²) in [4.78, 5) is 9.43. The van der Waals surface area contributed by atoms with Crippen molar-refractivity contribution in [1.82, 2.24) is 9.97 Å². The molecule has 1 heterocycles. The predicted octanol–water partition coefficient (Wildman–Crippen LogP) is 3.22. The van der Waals surface area contributed by atoms with Crippen molar-refractivity contribution in [3.8, 4) is 0 Å². The highest BCUT2D eigenvalue weighted by molar-refractivity contribution is 5.41. The second kappa shape index (κ2) is 3.94. The highest BCUT2D eigenvalue weighted by Crippen LogP contribution is 2.59. The summed E-state index contributed by atoms with van der Waals surface area (Å²) in [6, 6.07) is 0. The van der Waals surface area contributed by atoms with E-state index in [0.717, 1.165) is 40.8 Å². The van der Waals surface area contributed by atoms with E-state index in [9.17, 15) is 0 Å². The SMILES string of the molecule is Cc1nc(C2C3CC4CC(C3)CC2C4)nc(N)c1C. The standard InChI is InChI=1S/C16H23N3/c1-8-9(2)18-16(19-15(8)17)14-12-4-10-3-11(6-12)7-13(14)5-10/h10-14H,3-7H2,1-2H3,(H2,17,18,19). The molecule has 4 aliphatic carbocycles. The fourth-order valence-corrected chi connectivity index (χ4v) is 5.17. The second-order valence-electron chi connectivity index (χ2n) is 7.13. The van der Waals surface area contributed by atoms with Gasteiger partial charge in [-0.15, -0.1) is 0 Å². The minimum Gasteiger partial charge on any atom is -0.383 e. The van der Waals surface area contributed by atoms with Crippen molar-refractivity contribution in [1.29, 1.82) is 0 Å². The Morgan fingerprint density at radius 3 is 2.00 bits per heavy atom. The number of aryl methyl sites for hydroxylation is 1. The third kappa shape index (κ3) is 1.70. The lowest BCUT2D eigenvalue weighted by atomic mass is 9.51. The lowest BCUT2D eigenvalue weighted by Gasteiger charge is -2.53. The highest BCUT2D eigenvalue weighted by atomic mass is 15.0. The van der Waals surface area contributed by atoms with Crippen LogP contribution in [-0.2, 0) is 0 Å². The molecule has 4 saturated carbocycles. The topological polar surface area (TPSA) is 51.8 Å². The lowest BCUT2D eigenvalue weighted by Crippen LogP contribution is -2.44. The fraction of sp³-hybridized carbons (Fsp3) is 0.750. The molecule has 0 spiro atoms. The van der Waals surface area contributed by atoms with Crippen LogP contribution in [0.5, 0.6) is 0 Å². The molecule has 0 aromatic carbocycles. The first-order valence-electron chi connectivity index (χ1n) is 7.72. The van der Waals surface area contributed by atoms with Gasteiger partial charge in [0.1, 0.15) is 11.6 Å². The molecule has 0 atom stereocenters. The number of hydrogen-bond acceptors (Lipinski definition) is 3. The third-order valence-corrected chi connectivity index (χ3v) is 5.97. The van der Waals surface area contributed by atoms with Crippen LogP contribution in [0.25, 0.3) is 0 Å². The van der Waals surface area contributed by atoms with Gasteiger partial charge in [0, 0.05) is 17.2 Å². The van der Waals surface area contributed by atoms with Gasteiger partial charge in [0.15, 0.2) is 0 Å². The number of hydrogen-bond donors (Lipinski definition) is 1. The van der Waals surface area contributed by atoms with E-state index in [2.05, 4.69) is 11.9 Å². The van der Waals surface area contributed by atoms with E-state index in [1.165, 1.54) is 32.1 Å². The number of nitrogen functional groups attached to an aromatic ring is 1. The summed E-state index contributed by atoms with van der Waals surface area (Å²) in [7, 11) is 0. The molecular weight excluding hydrogens is 234 g/mol. The first-order valence-corrected chi connectivity index (χ1v) is 7.72. The predicted molar refractivity (Wildman–Crippen MR) is 75.7 cm³/mol. The van der Waals surface area contributed by atoms with Gasteiger partial charge in [-0.3, -0.25) is 0 Å². The largest absolute Gasteiger partial charge is 0.383 e. The van der Waals surface area contributed by atoms with Crippen molar-refractivity contribution >= 4 is 5.82 Å². The Kier molecular flexibility index (Phi) is 2.42. The Labute approximate surface area is 115 Å². The van der Waals surface area contributed by atoms with E-state index in [4.69, 9.17) is 10.7 Å². The molecule has 2 N–H and O–H groups in total. The van der Waals surface area contributed by atoms with Crippen molar-refractivity contribution in [2.24, 2.45) is 23.7 Å². The van der Waals surface area contributed by atoms with E-state index in [0.29, 0.717) is 11.7 Å². The van der Waals surface area contributed by atoms with Crippen molar-refractivity contribution < 1.29 is 0 Å². The summed E-state index contributed by atoms with van der Waals surface area (Å²) < 4.78 is 0. The molecule has 0 saturated heterocycles. The van der Waals surface area contributed by atoms with Crippen LogP contribution < -0.4 is 5.73 Å². The third-order valence-electron chi connectivity index (χ3n) is 5.97. The zero-order valence-corrected chi connectivity index (χ0v) is 11.9. The average molecular weight is 257 g/mol. The minimum absolute atomic E-state index is 0.592. The number of anilines is 1. The van der Waals surface area contributed by atoms with Gasteiger partial charge in [-0.2, -0.15) is 0 Å². The zero-order chi connectivity index (χ0) is 13.1. The summed E-state index contributed by atoms with van der Waals surface area (Å²) in [6.07, 6.45) is 7.14. The lowest BCUT2D eigenvalue weighted by molar-refractivity contribution is -0.00565. The molecule has 4 fully saturated rings. The maximum absolute atomic E-state index is 6.06. The summed E-state index contributed by atoms with van der Waals surface area (Å²) in [5, 5.41) is 0. The number of nitrogens with zero attached hydrogens (tertiary/aromatic N) is 2. The fourth-order valence-electron chi connectivity index (χ4n) is 5.17. The molecule has 0 unspecified atom stereocenters. The molecule has 1 aromatic rings. The average Bonchev–Trinajstić information content (AvgIpc) is 2.34. The highest BCUT2D eigenvalue weighted by Gasteiger charge is 2.49. The summed E-state index contributed by atoms with van der Waals surface area (Å²) in [5.74, 6) is 6.00. The molecule has 0 amide bonds. The van der Waals surface area contributed by atoms with E-state index in [-0.39, 0.29) is 0 Å². The van der Waals surface area contributed by atoms with Crippen molar-refractivity contribution in [3.63, 3.8) is 0 Å². The molecule has 0 radical (unpaired) electrons. The van der Waals surface area contributed by atoms with Gasteiger partial charge in [0.05, 0.1) is 0 Å². The van der Waals surface area contributed by atoms with Crippen molar-refractivity contribution in [2.45, 2.75) is 51.9 Å². The van der Waals surface area contributed by atoms with Crippen LogP contribution in [0, 0.1) is 37.5 Å². The molecule has 5 rings (SSSR count). The van der Waals surface area contributed by atoms with Crippen LogP contribution in [0.3, 0.4) is 0 Å². The summed E-state index contributed by atoms with van der Waals surface area (Å²) in [5.41, 5.74) is 8.18. The van der Waals surface area contributed by atoms with Crippen molar-refractivity contribution in [3.05, 3.63) is 17.1 Å². The van der Waals surface area contributed by atoms with Gasteiger partial charge in [0.25, 0.3) is 0 Å². The van der Waals surface area contributed by atoms with Gasteiger partial charge in [-0.25, -0.2) is 9.97 Å². The van der Waals surface area contributed by atoms with E-state index >= 15 is 0 Å². The number of aromatic nitrogens is 2. The van der Waals surface area contributed by atoms with Crippen LogP contribution in [0.4, 0.5) is 5.82 Å². The van der Waals surface area contributed by atoms with Gasteiger partial charge in [0.2, 0.25) is 0 Å². The Bertz CT molecular complexity index is 472. The molecule has 4 aliphatic rings. The van der Waals surface area contributed by atoms with E-state index in [1.807, 2.05) is 6.92 Å². The first kappa shape index (κ1) is 11.7.